The molecule has 3 heterocycles. The predicted octanol–water partition coefficient (Wildman–Crippen LogP) is 2.15. The van der Waals surface area contributed by atoms with E-state index in [2.05, 4.69) is 9.55 Å². The number of carbonyl (C=O) groups excluding carboxylic acids is 1. The van der Waals surface area contributed by atoms with Gasteiger partial charge in [-0.2, -0.15) is 0 Å². The molecule has 0 saturated carbocycles. The number of rotatable bonds is 2. The highest BCUT2D eigenvalue weighted by Crippen LogP contribution is 2.30. The van der Waals surface area contributed by atoms with Crippen molar-refractivity contribution in [3.05, 3.63) is 42.2 Å². The Bertz CT molecular complexity index is 964. The van der Waals surface area contributed by atoms with Gasteiger partial charge in [-0.05, 0) is 20.3 Å². The van der Waals surface area contributed by atoms with Crippen molar-refractivity contribution in [3.63, 3.8) is 0 Å². The quantitative estimate of drug-likeness (QED) is 0.792. The Morgan fingerprint density at radius 3 is 2.63 bits per heavy atom. The first-order chi connectivity index (χ1) is 12.8. The third kappa shape index (κ3) is 3.18. The maximum Gasteiger partial charge on any atom is 0.226 e. The summed E-state index contributed by atoms with van der Waals surface area (Å²) in [7, 11) is -3.14. The third-order valence-corrected chi connectivity index (χ3v) is 8.36. The summed E-state index contributed by atoms with van der Waals surface area (Å²) in [4.78, 5) is 19.4. The molecule has 1 fully saturated rings. The van der Waals surface area contributed by atoms with Gasteiger partial charge >= 0.3 is 0 Å². The van der Waals surface area contributed by atoms with Gasteiger partial charge in [-0.3, -0.25) is 4.79 Å². The second-order valence-electron chi connectivity index (χ2n) is 8.12. The summed E-state index contributed by atoms with van der Waals surface area (Å²) in [5, 5.41) is 0. The zero-order valence-electron chi connectivity index (χ0n) is 15.8. The van der Waals surface area contributed by atoms with Crippen molar-refractivity contribution in [1.29, 1.82) is 0 Å². The summed E-state index contributed by atoms with van der Waals surface area (Å²) in [5.41, 5.74) is 2.15. The molecule has 4 rings (SSSR count). The molecule has 1 saturated heterocycles. The molecule has 0 radical (unpaired) electrons. The number of sulfone groups is 1. The van der Waals surface area contributed by atoms with E-state index in [9.17, 15) is 13.2 Å². The van der Waals surface area contributed by atoms with Crippen LogP contribution >= 0.6 is 0 Å². The summed E-state index contributed by atoms with van der Waals surface area (Å²) in [6.45, 7) is 4.76. The van der Waals surface area contributed by atoms with Gasteiger partial charge in [0.2, 0.25) is 5.91 Å². The van der Waals surface area contributed by atoms with Gasteiger partial charge in [0.15, 0.2) is 9.84 Å². The second kappa shape index (κ2) is 6.48. The van der Waals surface area contributed by atoms with Gasteiger partial charge in [-0.15, -0.1) is 0 Å². The highest BCUT2D eigenvalue weighted by atomic mass is 32.2. The molecule has 6 nitrogen and oxygen atoms in total. The lowest BCUT2D eigenvalue weighted by Crippen LogP contribution is -2.56. The molecule has 2 aliphatic rings. The fourth-order valence-electron chi connectivity index (χ4n) is 4.08. The molecule has 144 valence electrons. The Balaban J connectivity index is 1.51. The Kier molecular flexibility index (Phi) is 4.37. The van der Waals surface area contributed by atoms with Crippen LogP contribution in [0.1, 0.15) is 26.0 Å². The molecule has 2 aromatic rings. The van der Waals surface area contributed by atoms with Gasteiger partial charge < -0.3 is 9.47 Å². The fourth-order valence-corrected chi connectivity index (χ4v) is 5.45. The number of hydrogen-bond donors (Lipinski definition) is 0. The van der Waals surface area contributed by atoms with Gasteiger partial charge in [0, 0.05) is 49.4 Å². The minimum absolute atomic E-state index is 0.0501. The third-order valence-electron chi connectivity index (χ3n) is 5.83. The maximum atomic E-state index is 13.0. The van der Waals surface area contributed by atoms with Crippen LogP contribution in [-0.4, -0.2) is 52.4 Å². The Labute approximate surface area is 160 Å². The molecule has 0 aliphatic carbocycles. The molecule has 1 atom stereocenters. The van der Waals surface area contributed by atoms with Crippen LogP contribution in [0.4, 0.5) is 0 Å². The Morgan fingerprint density at radius 1 is 1.19 bits per heavy atom. The normalized spacial score (nSPS) is 23.6. The van der Waals surface area contributed by atoms with E-state index in [4.69, 9.17) is 0 Å². The van der Waals surface area contributed by atoms with E-state index in [0.717, 1.165) is 30.0 Å². The number of hydrogen-bond acceptors (Lipinski definition) is 4. The van der Waals surface area contributed by atoms with Crippen LogP contribution in [0.25, 0.3) is 11.4 Å². The molecule has 27 heavy (non-hydrogen) atoms. The van der Waals surface area contributed by atoms with Crippen LogP contribution in [0.3, 0.4) is 0 Å². The van der Waals surface area contributed by atoms with Crippen LogP contribution in [-0.2, 0) is 27.6 Å². The molecule has 1 amide bonds. The van der Waals surface area contributed by atoms with Gasteiger partial charge in [-0.25, -0.2) is 13.4 Å². The van der Waals surface area contributed by atoms with Crippen LogP contribution in [0.5, 0.6) is 0 Å². The molecule has 2 aliphatic heterocycles. The van der Waals surface area contributed by atoms with E-state index in [1.165, 1.54) is 0 Å². The van der Waals surface area contributed by atoms with E-state index in [-0.39, 0.29) is 24.1 Å². The minimum atomic E-state index is -3.14. The lowest BCUT2D eigenvalue weighted by Gasteiger charge is -2.39. The molecule has 0 bridgehead atoms. The van der Waals surface area contributed by atoms with Crippen LogP contribution in [0.15, 0.2) is 36.5 Å². The largest absolute Gasteiger partial charge is 0.340 e. The van der Waals surface area contributed by atoms with Crippen molar-refractivity contribution in [2.45, 2.75) is 38.0 Å². The van der Waals surface area contributed by atoms with Gasteiger partial charge in [0.05, 0.1) is 10.5 Å². The van der Waals surface area contributed by atoms with Crippen LogP contribution in [0.2, 0.25) is 0 Å². The van der Waals surface area contributed by atoms with Crippen LogP contribution in [0, 0.1) is 5.92 Å². The number of amides is 1. The highest BCUT2D eigenvalue weighted by Gasteiger charge is 2.43. The van der Waals surface area contributed by atoms with Gasteiger partial charge in [-0.1, -0.05) is 30.3 Å². The topological polar surface area (TPSA) is 72.3 Å². The zero-order valence-corrected chi connectivity index (χ0v) is 16.6. The van der Waals surface area contributed by atoms with E-state index in [1.54, 1.807) is 18.7 Å². The smallest absolute Gasteiger partial charge is 0.226 e. The molecule has 0 N–H and O–H groups in total. The lowest BCUT2D eigenvalue weighted by atomic mass is 9.94. The molecule has 7 heteroatoms. The first kappa shape index (κ1) is 18.2. The first-order valence-electron chi connectivity index (χ1n) is 9.39. The summed E-state index contributed by atoms with van der Waals surface area (Å²) < 4.78 is 25.7. The molecule has 1 aromatic heterocycles. The number of benzene rings is 1. The van der Waals surface area contributed by atoms with Gasteiger partial charge in [0.1, 0.15) is 5.82 Å². The Morgan fingerprint density at radius 2 is 1.93 bits per heavy atom. The number of aromatic nitrogens is 2. The first-order valence-corrected chi connectivity index (χ1v) is 11.0. The molecule has 0 unspecified atom stereocenters. The standard InChI is InChI=1S/C20H25N3O3S/c1-20(2)14-22(10-11-27(20,25)26)19(24)16-8-9-23-17(12-16)13-21-18(23)15-6-4-3-5-7-15/h3-7,13,16H,8-12,14H2,1-2H3/t16-/m0/s1. The van der Waals surface area contributed by atoms with E-state index in [1.807, 2.05) is 36.5 Å². The number of carbonyl (C=O) groups is 1. The maximum absolute atomic E-state index is 13.0. The van der Waals surface area contributed by atoms with Crippen molar-refractivity contribution in [1.82, 2.24) is 14.5 Å². The van der Waals surface area contributed by atoms with E-state index >= 15 is 0 Å². The SMILES string of the molecule is CC1(C)CN(C(=O)[C@H]2CCn3c(cnc3-c3ccccc3)C2)CCS1(=O)=O. The number of fused-ring (bicyclic) bond motifs is 1. The summed E-state index contributed by atoms with van der Waals surface area (Å²) >= 11 is 0. The number of nitrogens with zero attached hydrogens (tertiary/aromatic N) is 3. The summed E-state index contributed by atoms with van der Waals surface area (Å²) in [5.74, 6) is 0.969. The minimum Gasteiger partial charge on any atom is -0.340 e. The van der Waals surface area contributed by atoms with E-state index < -0.39 is 14.6 Å². The highest BCUT2D eigenvalue weighted by molar-refractivity contribution is 7.92. The number of imidazole rings is 1. The summed E-state index contributed by atoms with van der Waals surface area (Å²) in [6.07, 6.45) is 3.28. The average molecular weight is 388 g/mol. The van der Waals surface area contributed by atoms with Crippen molar-refractivity contribution < 1.29 is 13.2 Å². The monoisotopic (exact) mass is 387 g/mol. The lowest BCUT2D eigenvalue weighted by molar-refractivity contribution is -0.136. The predicted molar refractivity (Wildman–Crippen MR) is 104 cm³/mol. The molecular formula is C20H25N3O3S. The van der Waals surface area contributed by atoms with Crippen molar-refractivity contribution in [2.24, 2.45) is 5.92 Å². The Hall–Kier alpha value is -2.15. The molecule has 1 aromatic carbocycles. The fraction of sp³-hybridized carbons (Fsp3) is 0.500. The average Bonchev–Trinajstić information content (AvgIpc) is 3.07. The van der Waals surface area contributed by atoms with Crippen molar-refractivity contribution >= 4 is 15.7 Å². The summed E-state index contributed by atoms with van der Waals surface area (Å²) in [6, 6.07) is 10.1. The second-order valence-corrected chi connectivity index (χ2v) is 10.9. The van der Waals surface area contributed by atoms with Crippen molar-refractivity contribution in [2.75, 3.05) is 18.8 Å². The zero-order chi connectivity index (χ0) is 19.2. The molecule has 0 spiro atoms. The van der Waals surface area contributed by atoms with Crippen LogP contribution < -0.4 is 0 Å². The van der Waals surface area contributed by atoms with Crippen molar-refractivity contribution in [3.8, 4) is 11.4 Å². The van der Waals surface area contributed by atoms with Gasteiger partial charge in [0.25, 0.3) is 0 Å². The molecular weight excluding hydrogens is 362 g/mol. The van der Waals surface area contributed by atoms with E-state index in [0.29, 0.717) is 13.0 Å².